The van der Waals surface area contributed by atoms with E-state index in [1.165, 1.54) is 0 Å². The number of aliphatic carboxylic acids is 1. The molecule has 1 unspecified atom stereocenters. The molecular weight excluding hydrogens is 266 g/mol. The van der Waals surface area contributed by atoms with E-state index in [2.05, 4.69) is 6.58 Å². The molecule has 0 aliphatic heterocycles. The van der Waals surface area contributed by atoms with Gasteiger partial charge in [0.25, 0.3) is 0 Å². The summed E-state index contributed by atoms with van der Waals surface area (Å²) in [6.45, 7) is 5.85. The SMILES string of the molecule is C=CCCCN(C)C(=O)CC(C)(C(=O)O)c1ccccc1. The van der Waals surface area contributed by atoms with Crippen molar-refractivity contribution in [2.45, 2.75) is 31.6 Å². The molecule has 21 heavy (non-hydrogen) atoms. The van der Waals surface area contributed by atoms with Gasteiger partial charge < -0.3 is 10.0 Å². The smallest absolute Gasteiger partial charge is 0.314 e. The highest BCUT2D eigenvalue weighted by atomic mass is 16.4. The lowest BCUT2D eigenvalue weighted by Gasteiger charge is -2.27. The monoisotopic (exact) mass is 289 g/mol. The minimum atomic E-state index is -1.20. The van der Waals surface area contributed by atoms with E-state index in [9.17, 15) is 14.7 Å². The van der Waals surface area contributed by atoms with Gasteiger partial charge in [-0.1, -0.05) is 36.4 Å². The van der Waals surface area contributed by atoms with Gasteiger partial charge in [0.05, 0.1) is 5.41 Å². The zero-order chi connectivity index (χ0) is 15.9. The number of carbonyl (C=O) groups is 2. The highest BCUT2D eigenvalue weighted by molar-refractivity contribution is 5.89. The Morgan fingerprint density at radius 2 is 1.95 bits per heavy atom. The van der Waals surface area contributed by atoms with Gasteiger partial charge in [-0.15, -0.1) is 6.58 Å². The number of carboxylic acid groups (broad SMARTS) is 1. The second-order valence-electron chi connectivity index (χ2n) is 5.43. The van der Waals surface area contributed by atoms with Crippen LogP contribution in [0.15, 0.2) is 43.0 Å². The maximum Gasteiger partial charge on any atom is 0.314 e. The minimum Gasteiger partial charge on any atom is -0.481 e. The topological polar surface area (TPSA) is 57.6 Å². The number of amides is 1. The lowest BCUT2D eigenvalue weighted by Crippen LogP contribution is -2.39. The van der Waals surface area contributed by atoms with Gasteiger partial charge >= 0.3 is 5.97 Å². The Bertz CT molecular complexity index is 498. The van der Waals surface area contributed by atoms with Crippen LogP contribution in [-0.4, -0.2) is 35.5 Å². The number of carboxylic acids is 1. The van der Waals surface area contributed by atoms with Crippen molar-refractivity contribution in [3.8, 4) is 0 Å². The standard InChI is InChI=1S/C17H23NO3/c1-4-5-9-12-18(3)15(19)13-17(2,16(20)21)14-10-7-6-8-11-14/h4,6-8,10-11H,1,5,9,12-13H2,2-3H3,(H,20,21). The number of nitrogens with zero attached hydrogens (tertiary/aromatic N) is 1. The average molecular weight is 289 g/mol. The largest absolute Gasteiger partial charge is 0.481 e. The molecule has 1 atom stereocenters. The molecule has 1 rings (SSSR count). The molecule has 1 N–H and O–H groups in total. The fraction of sp³-hybridized carbons (Fsp3) is 0.412. The van der Waals surface area contributed by atoms with Crippen LogP contribution in [0.3, 0.4) is 0 Å². The van der Waals surface area contributed by atoms with Gasteiger partial charge in [0.2, 0.25) is 5.91 Å². The van der Waals surface area contributed by atoms with Gasteiger partial charge in [0, 0.05) is 20.0 Å². The van der Waals surface area contributed by atoms with E-state index in [1.807, 2.05) is 12.1 Å². The maximum absolute atomic E-state index is 12.3. The molecule has 1 aromatic carbocycles. The minimum absolute atomic E-state index is 0.0447. The van der Waals surface area contributed by atoms with E-state index in [-0.39, 0.29) is 12.3 Å². The Morgan fingerprint density at radius 3 is 2.48 bits per heavy atom. The quantitative estimate of drug-likeness (QED) is 0.591. The van der Waals surface area contributed by atoms with Crippen molar-refractivity contribution in [2.24, 2.45) is 0 Å². The van der Waals surface area contributed by atoms with Crippen molar-refractivity contribution in [3.05, 3.63) is 48.6 Å². The molecule has 0 aromatic heterocycles. The van der Waals surface area contributed by atoms with Crippen LogP contribution in [0.5, 0.6) is 0 Å². The molecule has 0 fully saturated rings. The number of unbranched alkanes of at least 4 members (excludes halogenated alkanes) is 1. The van der Waals surface area contributed by atoms with Crippen molar-refractivity contribution >= 4 is 11.9 Å². The van der Waals surface area contributed by atoms with Crippen molar-refractivity contribution in [3.63, 3.8) is 0 Å². The van der Waals surface area contributed by atoms with Crippen LogP contribution in [0.4, 0.5) is 0 Å². The third-order valence-corrected chi connectivity index (χ3v) is 3.72. The van der Waals surface area contributed by atoms with Gasteiger partial charge in [-0.05, 0) is 25.3 Å². The van der Waals surface area contributed by atoms with Crippen LogP contribution in [0.2, 0.25) is 0 Å². The molecule has 4 heteroatoms. The number of benzene rings is 1. The summed E-state index contributed by atoms with van der Waals surface area (Å²) in [4.78, 5) is 25.5. The third-order valence-electron chi connectivity index (χ3n) is 3.72. The van der Waals surface area contributed by atoms with Gasteiger partial charge in [-0.25, -0.2) is 0 Å². The first-order valence-corrected chi connectivity index (χ1v) is 7.05. The Kier molecular flexibility index (Phi) is 6.15. The van der Waals surface area contributed by atoms with Gasteiger partial charge in [0.15, 0.2) is 0 Å². The van der Waals surface area contributed by atoms with Crippen LogP contribution in [0.25, 0.3) is 0 Å². The predicted molar refractivity (Wildman–Crippen MR) is 83.1 cm³/mol. The van der Waals surface area contributed by atoms with Crippen molar-refractivity contribution in [2.75, 3.05) is 13.6 Å². The van der Waals surface area contributed by atoms with Crippen LogP contribution >= 0.6 is 0 Å². The van der Waals surface area contributed by atoms with Crippen molar-refractivity contribution in [1.29, 1.82) is 0 Å². The molecular formula is C17H23NO3. The van der Waals surface area contributed by atoms with Crippen LogP contribution in [-0.2, 0) is 15.0 Å². The zero-order valence-corrected chi connectivity index (χ0v) is 12.7. The molecule has 0 bridgehead atoms. The summed E-state index contributed by atoms with van der Waals surface area (Å²) in [6.07, 6.45) is 3.44. The van der Waals surface area contributed by atoms with Crippen LogP contribution in [0, 0.1) is 0 Å². The van der Waals surface area contributed by atoms with E-state index in [0.29, 0.717) is 12.1 Å². The molecule has 0 saturated carbocycles. The van der Waals surface area contributed by atoms with Crippen molar-refractivity contribution in [1.82, 2.24) is 4.90 Å². The normalized spacial score (nSPS) is 13.2. The molecule has 0 saturated heterocycles. The van der Waals surface area contributed by atoms with Crippen molar-refractivity contribution < 1.29 is 14.7 Å². The Morgan fingerprint density at radius 1 is 1.33 bits per heavy atom. The highest BCUT2D eigenvalue weighted by Gasteiger charge is 2.38. The van der Waals surface area contributed by atoms with Crippen LogP contribution in [0.1, 0.15) is 31.7 Å². The lowest BCUT2D eigenvalue weighted by molar-refractivity contribution is -0.147. The van der Waals surface area contributed by atoms with E-state index in [0.717, 1.165) is 12.8 Å². The number of hydrogen-bond acceptors (Lipinski definition) is 2. The summed E-state index contributed by atoms with van der Waals surface area (Å²) in [5.41, 5.74) is -0.559. The van der Waals surface area contributed by atoms with Gasteiger partial charge in [-0.2, -0.15) is 0 Å². The van der Waals surface area contributed by atoms with E-state index < -0.39 is 11.4 Å². The summed E-state index contributed by atoms with van der Waals surface area (Å²) in [5.74, 6) is -1.14. The van der Waals surface area contributed by atoms with Gasteiger partial charge in [0.1, 0.15) is 0 Å². The summed E-state index contributed by atoms with van der Waals surface area (Å²) in [7, 11) is 1.71. The first-order chi connectivity index (χ1) is 9.91. The number of carbonyl (C=O) groups excluding carboxylic acids is 1. The summed E-state index contributed by atoms with van der Waals surface area (Å²) < 4.78 is 0. The molecule has 1 amide bonds. The molecule has 0 aliphatic rings. The number of hydrogen-bond donors (Lipinski definition) is 1. The first kappa shape index (κ1) is 17.0. The van der Waals surface area contributed by atoms with Crippen LogP contribution < -0.4 is 0 Å². The molecule has 1 aromatic rings. The van der Waals surface area contributed by atoms with E-state index in [4.69, 9.17) is 0 Å². The van der Waals surface area contributed by atoms with E-state index in [1.54, 1.807) is 43.1 Å². The maximum atomic E-state index is 12.3. The second-order valence-corrected chi connectivity index (χ2v) is 5.43. The number of allylic oxidation sites excluding steroid dienone is 1. The molecule has 0 heterocycles. The average Bonchev–Trinajstić information content (AvgIpc) is 2.47. The fourth-order valence-electron chi connectivity index (χ4n) is 2.14. The Balaban J connectivity index is 2.82. The summed E-state index contributed by atoms with van der Waals surface area (Å²) in [6, 6.07) is 8.90. The summed E-state index contributed by atoms with van der Waals surface area (Å²) in [5, 5.41) is 9.55. The molecule has 4 nitrogen and oxygen atoms in total. The van der Waals surface area contributed by atoms with Gasteiger partial charge in [-0.3, -0.25) is 9.59 Å². The Labute approximate surface area is 126 Å². The second kappa shape index (κ2) is 7.62. The lowest BCUT2D eigenvalue weighted by atomic mass is 9.79. The molecule has 0 spiro atoms. The zero-order valence-electron chi connectivity index (χ0n) is 12.7. The molecule has 0 aliphatic carbocycles. The molecule has 0 radical (unpaired) electrons. The summed E-state index contributed by atoms with van der Waals surface area (Å²) >= 11 is 0. The Hall–Kier alpha value is -2.10. The highest BCUT2D eigenvalue weighted by Crippen LogP contribution is 2.28. The number of rotatable bonds is 8. The molecule has 114 valence electrons. The fourth-order valence-corrected chi connectivity index (χ4v) is 2.14. The third kappa shape index (κ3) is 4.45. The predicted octanol–water partition coefficient (Wildman–Crippen LogP) is 2.84. The van der Waals surface area contributed by atoms with E-state index >= 15 is 0 Å². The first-order valence-electron chi connectivity index (χ1n) is 7.05.